The zero-order valence-electron chi connectivity index (χ0n) is 20.0. The fourth-order valence-electron chi connectivity index (χ4n) is 4.62. The number of hydrogen-bond donors (Lipinski definition) is 1. The molecule has 0 saturated heterocycles. The van der Waals surface area contributed by atoms with Gasteiger partial charge in [0.05, 0.1) is 11.5 Å². The molecule has 6 nitrogen and oxygen atoms in total. The van der Waals surface area contributed by atoms with Gasteiger partial charge in [0.2, 0.25) is 10.0 Å². The highest BCUT2D eigenvalue weighted by molar-refractivity contribution is 7.89. The molecule has 0 spiro atoms. The van der Waals surface area contributed by atoms with Crippen LogP contribution in [0.2, 0.25) is 16.6 Å². The van der Waals surface area contributed by atoms with Gasteiger partial charge in [-0.25, -0.2) is 13.2 Å². The summed E-state index contributed by atoms with van der Waals surface area (Å²) in [5.41, 5.74) is 1.13. The van der Waals surface area contributed by atoms with E-state index in [1.54, 1.807) is 19.1 Å². The third-order valence-electron chi connectivity index (χ3n) is 6.03. The van der Waals surface area contributed by atoms with Crippen LogP contribution in [0.25, 0.3) is 0 Å². The number of aryl methyl sites for hydroxylation is 1. The molecule has 0 amide bonds. The topological polar surface area (TPSA) is 89.5 Å². The Morgan fingerprint density at radius 2 is 1.45 bits per heavy atom. The van der Waals surface area contributed by atoms with E-state index in [0.717, 1.165) is 5.56 Å². The van der Waals surface area contributed by atoms with Crippen LogP contribution in [0.4, 0.5) is 0 Å². The summed E-state index contributed by atoms with van der Waals surface area (Å²) in [6.07, 6.45) is 0. The van der Waals surface area contributed by atoms with Gasteiger partial charge in [-0.05, 0) is 42.6 Å². The predicted molar refractivity (Wildman–Crippen MR) is 127 cm³/mol. The Labute approximate surface area is 188 Å². The lowest BCUT2D eigenvalue weighted by Gasteiger charge is -2.42. The maximum absolute atomic E-state index is 13.8. The van der Waals surface area contributed by atoms with Crippen molar-refractivity contribution in [3.63, 3.8) is 0 Å². The number of carbonyl (C=O) groups is 2. The van der Waals surface area contributed by atoms with E-state index in [0.29, 0.717) is 0 Å². The fourth-order valence-corrected chi connectivity index (χ4v) is 12.1. The molecule has 0 radical (unpaired) electrons. The highest BCUT2D eigenvalue weighted by Gasteiger charge is 2.52. The molecule has 0 aliphatic rings. The van der Waals surface area contributed by atoms with Gasteiger partial charge in [0.15, 0.2) is 0 Å². The second kappa shape index (κ2) is 10.7. The number of carbonyl (C=O) groups excluding carboxylic acids is 2. The van der Waals surface area contributed by atoms with E-state index in [9.17, 15) is 18.0 Å². The Balaban J connectivity index is 3.47. The van der Waals surface area contributed by atoms with Crippen molar-refractivity contribution in [1.82, 2.24) is 4.72 Å². The number of nitrogens with one attached hydrogen (secondary N) is 1. The minimum Gasteiger partial charge on any atom is -0.465 e. The molecular formula is C23H37NO5SSi. The quantitative estimate of drug-likeness (QED) is 0.293. The Hall–Kier alpha value is -1.77. The summed E-state index contributed by atoms with van der Waals surface area (Å²) in [4.78, 5) is 26.6. The molecule has 8 heteroatoms. The van der Waals surface area contributed by atoms with Gasteiger partial charge in [-0.3, -0.25) is 0 Å². The van der Waals surface area contributed by atoms with E-state index in [1.807, 2.05) is 48.5 Å². The first-order chi connectivity index (χ1) is 14.2. The van der Waals surface area contributed by atoms with Crippen LogP contribution in [-0.4, -0.2) is 40.5 Å². The molecule has 0 heterocycles. The standard InChI is InChI=1S/C23H37NO5SSi/c1-10-29-22(25)21(24-30(27,28)20-13-11-18(8)12-14-20)19(9)23(26)31(15(2)3,16(4)5)17(6)7/h11-17,21,24H,9-10H2,1-8H3/t21-/m0/s1. The van der Waals surface area contributed by atoms with E-state index in [1.165, 1.54) is 12.1 Å². The largest absolute Gasteiger partial charge is 0.465 e. The zero-order chi connectivity index (χ0) is 24.1. The van der Waals surface area contributed by atoms with Crippen molar-refractivity contribution < 1.29 is 22.7 Å². The third kappa shape index (κ3) is 5.73. The molecule has 1 rings (SSSR count). The molecule has 0 aromatic heterocycles. The van der Waals surface area contributed by atoms with Crippen molar-refractivity contribution in [2.24, 2.45) is 0 Å². The predicted octanol–water partition coefficient (Wildman–Crippen LogP) is 4.55. The average molecular weight is 468 g/mol. The lowest BCUT2D eigenvalue weighted by molar-refractivity contribution is -0.144. The Kier molecular flexibility index (Phi) is 9.41. The van der Waals surface area contributed by atoms with E-state index in [2.05, 4.69) is 11.3 Å². The van der Waals surface area contributed by atoms with Crippen LogP contribution in [0, 0.1) is 6.92 Å². The number of hydrogen-bond acceptors (Lipinski definition) is 5. The summed E-state index contributed by atoms with van der Waals surface area (Å²) in [6.45, 7) is 19.6. The smallest absolute Gasteiger partial charge is 0.328 e. The molecule has 0 aliphatic carbocycles. The third-order valence-corrected chi connectivity index (χ3v) is 14.3. The summed E-state index contributed by atoms with van der Waals surface area (Å²) >= 11 is 0. The molecular weight excluding hydrogens is 430 g/mol. The molecule has 1 N–H and O–H groups in total. The Morgan fingerprint density at radius 1 is 1.00 bits per heavy atom. The van der Waals surface area contributed by atoms with Crippen molar-refractivity contribution in [2.45, 2.75) is 83.0 Å². The van der Waals surface area contributed by atoms with Crippen LogP contribution in [0.5, 0.6) is 0 Å². The van der Waals surface area contributed by atoms with Gasteiger partial charge < -0.3 is 9.53 Å². The number of rotatable bonds is 11. The molecule has 1 atom stereocenters. The summed E-state index contributed by atoms with van der Waals surface area (Å²) in [5, 5.41) is -0.183. The van der Waals surface area contributed by atoms with Crippen molar-refractivity contribution in [3.05, 3.63) is 42.0 Å². The van der Waals surface area contributed by atoms with Crippen LogP contribution in [0.1, 0.15) is 54.0 Å². The first-order valence-corrected chi connectivity index (χ1v) is 14.4. The number of sulfonamides is 1. The summed E-state index contributed by atoms with van der Waals surface area (Å²) in [7, 11) is -6.74. The van der Waals surface area contributed by atoms with Crippen LogP contribution in [0.15, 0.2) is 41.3 Å². The van der Waals surface area contributed by atoms with Crippen LogP contribution >= 0.6 is 0 Å². The van der Waals surface area contributed by atoms with Gasteiger partial charge in [-0.2, -0.15) is 4.72 Å². The molecule has 1 aromatic rings. The van der Waals surface area contributed by atoms with Crippen LogP contribution < -0.4 is 4.72 Å². The summed E-state index contributed by atoms with van der Waals surface area (Å²) in [6, 6.07) is 4.78. The van der Waals surface area contributed by atoms with Gasteiger partial charge in [0, 0.05) is 5.57 Å². The molecule has 0 aliphatic heterocycles. The number of esters is 1. The molecule has 0 fully saturated rings. The highest BCUT2D eigenvalue weighted by Crippen LogP contribution is 2.43. The molecule has 1 aromatic carbocycles. The molecule has 0 saturated carbocycles. The summed E-state index contributed by atoms with van der Waals surface area (Å²) in [5.74, 6) is -0.823. The van der Waals surface area contributed by atoms with Gasteiger partial charge >= 0.3 is 5.97 Å². The number of ether oxygens (including phenoxy) is 1. The maximum Gasteiger partial charge on any atom is 0.328 e. The molecule has 174 valence electrons. The lowest BCUT2D eigenvalue weighted by Crippen LogP contribution is -2.56. The SMILES string of the molecule is C=C(C(=O)[Si](C(C)C)(C(C)C)C(C)C)[C@H](NS(=O)(=O)c1ccc(C)cc1)C(=O)OCC. The first kappa shape index (κ1) is 27.3. The van der Waals surface area contributed by atoms with Gasteiger partial charge in [0.1, 0.15) is 19.5 Å². The first-order valence-electron chi connectivity index (χ1n) is 10.7. The van der Waals surface area contributed by atoms with Gasteiger partial charge in [-0.1, -0.05) is 65.8 Å². The minimum absolute atomic E-state index is 0.00716. The highest BCUT2D eigenvalue weighted by atomic mass is 32.2. The number of benzene rings is 1. The average Bonchev–Trinajstić information content (AvgIpc) is 2.65. The molecule has 0 unspecified atom stereocenters. The van der Waals surface area contributed by atoms with Crippen LogP contribution in [-0.2, 0) is 24.3 Å². The van der Waals surface area contributed by atoms with Gasteiger partial charge in [0.25, 0.3) is 0 Å². The maximum atomic E-state index is 13.8. The molecule has 31 heavy (non-hydrogen) atoms. The second-order valence-corrected chi connectivity index (χ2v) is 16.4. The van der Waals surface area contributed by atoms with E-state index >= 15 is 0 Å². The van der Waals surface area contributed by atoms with Crippen molar-refractivity contribution in [2.75, 3.05) is 6.61 Å². The van der Waals surface area contributed by atoms with Crippen molar-refractivity contribution >= 4 is 29.5 Å². The molecule has 0 bridgehead atoms. The van der Waals surface area contributed by atoms with Gasteiger partial charge in [-0.15, -0.1) is 0 Å². The van der Waals surface area contributed by atoms with Crippen molar-refractivity contribution in [1.29, 1.82) is 0 Å². The fraction of sp³-hybridized carbons (Fsp3) is 0.565. The minimum atomic E-state index is -4.07. The zero-order valence-corrected chi connectivity index (χ0v) is 21.8. The Bertz CT molecular complexity index is 883. The van der Waals surface area contributed by atoms with Crippen molar-refractivity contribution in [3.8, 4) is 0 Å². The van der Waals surface area contributed by atoms with E-state index in [-0.39, 0.29) is 39.1 Å². The Morgan fingerprint density at radius 3 is 1.84 bits per heavy atom. The lowest BCUT2D eigenvalue weighted by atomic mass is 10.1. The van der Waals surface area contributed by atoms with Crippen LogP contribution in [0.3, 0.4) is 0 Å². The second-order valence-electron chi connectivity index (χ2n) is 8.87. The van der Waals surface area contributed by atoms with E-state index < -0.39 is 30.1 Å². The van der Waals surface area contributed by atoms with E-state index in [4.69, 9.17) is 4.74 Å². The monoisotopic (exact) mass is 467 g/mol. The normalized spacial score (nSPS) is 13.5. The summed E-state index contributed by atoms with van der Waals surface area (Å²) < 4.78 is 33.5.